The number of methoxy groups -OCH3 is 1. The van der Waals surface area contributed by atoms with Crippen LogP contribution in [0.1, 0.15) is 43.1 Å². The quantitative estimate of drug-likeness (QED) is 0.361. The Morgan fingerprint density at radius 3 is 2.62 bits per heavy atom. The van der Waals surface area contributed by atoms with Gasteiger partial charge in [-0.15, -0.1) is 0 Å². The number of pyridine rings is 2. The molecule has 0 spiro atoms. The van der Waals surface area contributed by atoms with Crippen molar-refractivity contribution in [3.05, 3.63) is 65.9 Å². The first-order valence-corrected chi connectivity index (χ1v) is 14.2. The molecule has 2 aromatic heterocycles. The Morgan fingerprint density at radius 2 is 1.92 bits per heavy atom. The molecule has 0 saturated carbocycles. The van der Waals surface area contributed by atoms with Gasteiger partial charge in [0.1, 0.15) is 11.6 Å². The zero-order chi connectivity index (χ0) is 28.2. The molecule has 1 atom stereocenters. The minimum absolute atomic E-state index is 0.0357. The van der Waals surface area contributed by atoms with E-state index in [2.05, 4.69) is 35.4 Å². The van der Waals surface area contributed by atoms with Crippen LogP contribution in [0.15, 0.2) is 59.8 Å². The summed E-state index contributed by atoms with van der Waals surface area (Å²) in [5.41, 5.74) is 7.99. The Hall–Kier alpha value is -3.54. The summed E-state index contributed by atoms with van der Waals surface area (Å²) in [6, 6.07) is 13.6. The third kappa shape index (κ3) is 6.38. The van der Waals surface area contributed by atoms with Crippen LogP contribution < -0.4 is 15.4 Å². The Labute approximate surface area is 229 Å². The van der Waals surface area contributed by atoms with Crippen molar-refractivity contribution in [1.29, 1.82) is 0 Å². The molecule has 1 fully saturated rings. The minimum atomic E-state index is -4.27. The summed E-state index contributed by atoms with van der Waals surface area (Å²) >= 11 is 0. The van der Waals surface area contributed by atoms with Crippen LogP contribution in [0.3, 0.4) is 0 Å². The summed E-state index contributed by atoms with van der Waals surface area (Å²) < 4.78 is 38.9. The second-order valence-corrected chi connectivity index (χ2v) is 11.8. The molecule has 3 N–H and O–H groups in total. The first kappa shape index (κ1) is 28.5. The van der Waals surface area contributed by atoms with Gasteiger partial charge in [0.15, 0.2) is 5.03 Å². The number of rotatable bonds is 10. The first-order valence-electron chi connectivity index (χ1n) is 12.8. The van der Waals surface area contributed by atoms with Crippen LogP contribution in [0.5, 0.6) is 0 Å². The predicted molar refractivity (Wildman–Crippen MR) is 150 cm³/mol. The number of aromatic nitrogens is 2. The highest BCUT2D eigenvalue weighted by Gasteiger charge is 2.41. The van der Waals surface area contributed by atoms with Crippen molar-refractivity contribution in [1.82, 2.24) is 14.7 Å². The number of carbonyl (C=O) groups excluding carboxylic acids is 1. The molecule has 3 heterocycles. The van der Waals surface area contributed by atoms with Gasteiger partial charge in [-0.2, -0.15) is 8.42 Å². The average Bonchev–Trinajstić information content (AvgIpc) is 3.17. The number of hydrogen-bond acceptors (Lipinski definition) is 9. The fraction of sp³-hybridized carbons (Fsp3) is 0.393. The lowest BCUT2D eigenvalue weighted by atomic mass is 9.90. The van der Waals surface area contributed by atoms with E-state index >= 15 is 0 Å². The van der Waals surface area contributed by atoms with Crippen LogP contribution in [0.2, 0.25) is 0 Å². The monoisotopic (exact) mass is 553 g/mol. The molecule has 39 heavy (non-hydrogen) atoms. The molecule has 1 aromatic carbocycles. The second kappa shape index (κ2) is 11.7. The molecule has 0 bridgehead atoms. The predicted octanol–water partition coefficient (Wildman–Crippen LogP) is 3.63. The van der Waals surface area contributed by atoms with Crippen LogP contribution in [-0.2, 0) is 26.1 Å². The van der Waals surface area contributed by atoms with Crippen molar-refractivity contribution in [3.8, 4) is 11.1 Å². The van der Waals surface area contributed by atoms with Gasteiger partial charge in [0, 0.05) is 31.0 Å². The molecular formula is C28H35N5O5S. The van der Waals surface area contributed by atoms with Gasteiger partial charge in [0.05, 0.1) is 25.4 Å². The number of nitrogens with one attached hydrogen (secondary N) is 1. The number of hydrogen-bond donors (Lipinski definition) is 2. The molecule has 1 amide bonds. The van der Waals surface area contributed by atoms with E-state index < -0.39 is 15.9 Å². The largest absolute Gasteiger partial charge is 0.384 e. The minimum Gasteiger partial charge on any atom is -0.384 e. The number of amides is 1. The second-order valence-electron chi connectivity index (χ2n) is 10.2. The van der Waals surface area contributed by atoms with Crippen LogP contribution in [-0.4, -0.2) is 56.7 Å². The lowest BCUT2D eigenvalue weighted by Gasteiger charge is -2.36. The van der Waals surface area contributed by atoms with E-state index in [4.69, 9.17) is 20.2 Å². The molecule has 208 valence electrons. The highest BCUT2D eigenvalue weighted by atomic mass is 32.2. The number of nitrogens with zero attached hydrogens (tertiary/aromatic N) is 3. The van der Waals surface area contributed by atoms with Crippen molar-refractivity contribution < 1.29 is 22.7 Å². The Bertz CT molecular complexity index is 1440. The number of nitrogens with two attached hydrogens (primary N) is 1. The van der Waals surface area contributed by atoms with Gasteiger partial charge in [-0.05, 0) is 61.6 Å². The number of benzene rings is 1. The van der Waals surface area contributed by atoms with Crippen LogP contribution in [0, 0.1) is 5.92 Å². The van der Waals surface area contributed by atoms with Crippen molar-refractivity contribution in [2.24, 2.45) is 5.92 Å². The zero-order valence-electron chi connectivity index (χ0n) is 22.7. The van der Waals surface area contributed by atoms with E-state index in [1.165, 1.54) is 18.2 Å². The standard InChI is InChI=1S/C28H35N5O5S/c1-19-11-12-33(28(19,2)3)26-23(27(34)32-39(35,36)25-10-6-9-24(29)31-25)16-22(17-30-26)21-8-5-7-20(15-21)18-38-14-13-37-4/h5-10,15-17,19H,11-14,18H2,1-4H3,(H2,29,31)(H,32,34). The van der Waals surface area contributed by atoms with Crippen molar-refractivity contribution in [3.63, 3.8) is 0 Å². The molecule has 11 heteroatoms. The number of ether oxygens (including phenoxy) is 2. The van der Waals surface area contributed by atoms with E-state index in [-0.39, 0.29) is 21.9 Å². The lowest BCUT2D eigenvalue weighted by molar-refractivity contribution is 0.0617. The third-order valence-electron chi connectivity index (χ3n) is 7.26. The SMILES string of the molecule is COCCOCc1cccc(-c2cnc(N3CCC(C)C3(C)C)c(C(=O)NS(=O)(=O)c3cccc(N)n3)c2)c1. The highest BCUT2D eigenvalue weighted by Crippen LogP contribution is 2.39. The van der Waals surface area contributed by atoms with Gasteiger partial charge in [-0.1, -0.05) is 31.2 Å². The number of anilines is 2. The van der Waals surface area contributed by atoms with Gasteiger partial charge >= 0.3 is 0 Å². The number of carbonyl (C=O) groups is 1. The molecule has 0 radical (unpaired) electrons. The van der Waals surface area contributed by atoms with Gasteiger partial charge in [0.2, 0.25) is 0 Å². The molecule has 1 aliphatic heterocycles. The molecular weight excluding hydrogens is 518 g/mol. The van der Waals surface area contributed by atoms with Crippen LogP contribution in [0.4, 0.5) is 11.6 Å². The Morgan fingerprint density at radius 1 is 1.15 bits per heavy atom. The van der Waals surface area contributed by atoms with Gasteiger partial charge < -0.3 is 20.1 Å². The fourth-order valence-corrected chi connectivity index (χ4v) is 5.53. The molecule has 4 rings (SSSR count). The summed E-state index contributed by atoms with van der Waals surface area (Å²) in [5.74, 6) is 0.0248. The van der Waals surface area contributed by atoms with E-state index in [1.807, 2.05) is 24.3 Å². The Balaban J connectivity index is 1.71. The summed E-state index contributed by atoms with van der Waals surface area (Å²) in [4.78, 5) is 24.2. The molecule has 1 aliphatic rings. The smallest absolute Gasteiger partial charge is 0.281 e. The van der Waals surface area contributed by atoms with Crippen LogP contribution >= 0.6 is 0 Å². The van der Waals surface area contributed by atoms with Gasteiger partial charge in [-0.25, -0.2) is 14.7 Å². The maximum Gasteiger partial charge on any atom is 0.281 e. The maximum atomic E-state index is 13.6. The summed E-state index contributed by atoms with van der Waals surface area (Å²) in [6.45, 7) is 8.43. The Kier molecular flexibility index (Phi) is 8.53. The van der Waals surface area contributed by atoms with E-state index in [9.17, 15) is 13.2 Å². The maximum absolute atomic E-state index is 13.6. The highest BCUT2D eigenvalue weighted by molar-refractivity contribution is 7.90. The lowest BCUT2D eigenvalue weighted by Crippen LogP contribution is -2.43. The summed E-state index contributed by atoms with van der Waals surface area (Å²) in [7, 11) is -2.65. The fourth-order valence-electron chi connectivity index (χ4n) is 4.59. The third-order valence-corrected chi connectivity index (χ3v) is 8.49. The van der Waals surface area contributed by atoms with Gasteiger partial charge in [0.25, 0.3) is 15.9 Å². The first-order chi connectivity index (χ1) is 18.5. The summed E-state index contributed by atoms with van der Waals surface area (Å²) in [6.07, 6.45) is 2.64. The topological polar surface area (TPSA) is 137 Å². The van der Waals surface area contributed by atoms with Gasteiger partial charge in [-0.3, -0.25) is 4.79 Å². The van der Waals surface area contributed by atoms with Crippen molar-refractivity contribution in [2.75, 3.05) is 37.5 Å². The van der Waals surface area contributed by atoms with E-state index in [1.54, 1.807) is 19.4 Å². The van der Waals surface area contributed by atoms with Crippen molar-refractivity contribution >= 4 is 27.6 Å². The van der Waals surface area contributed by atoms with Crippen LogP contribution in [0.25, 0.3) is 11.1 Å². The van der Waals surface area contributed by atoms with E-state index in [0.717, 1.165) is 17.5 Å². The molecule has 10 nitrogen and oxygen atoms in total. The zero-order valence-corrected chi connectivity index (χ0v) is 23.5. The summed E-state index contributed by atoms with van der Waals surface area (Å²) in [5, 5.41) is -0.335. The number of nitrogen functional groups attached to an aromatic ring is 1. The normalized spacial score (nSPS) is 16.8. The van der Waals surface area contributed by atoms with Crippen molar-refractivity contribution in [2.45, 2.75) is 44.4 Å². The molecule has 3 aromatic rings. The molecule has 0 aliphatic carbocycles. The van der Waals surface area contributed by atoms with E-state index in [0.29, 0.717) is 43.7 Å². The average molecular weight is 554 g/mol. The number of sulfonamides is 1. The molecule has 1 unspecified atom stereocenters. The molecule has 1 saturated heterocycles.